The molecule has 0 spiro atoms. The summed E-state index contributed by atoms with van der Waals surface area (Å²) in [7, 11) is 0. The fourth-order valence-corrected chi connectivity index (χ4v) is 2.96. The maximum absolute atomic E-state index is 11.4. The predicted octanol–water partition coefficient (Wildman–Crippen LogP) is 6.19. The molecular weight excluding hydrogens is 248 g/mol. The molecule has 0 saturated heterocycles. The zero-order valence-electron chi connectivity index (χ0n) is 14.0. The van der Waals surface area contributed by atoms with E-state index in [1.165, 1.54) is 57.8 Å². The zero-order chi connectivity index (χ0) is 15.3. The van der Waals surface area contributed by atoms with Crippen molar-refractivity contribution in [1.82, 2.24) is 0 Å². The van der Waals surface area contributed by atoms with E-state index in [0.29, 0.717) is 0 Å². The molecule has 0 atom stereocenters. The summed E-state index contributed by atoms with van der Waals surface area (Å²) in [4.78, 5) is 11.4. The third kappa shape index (κ3) is 7.91. The van der Waals surface area contributed by atoms with Crippen LogP contribution in [0.2, 0.25) is 0 Å². The Bertz CT molecular complexity index is 232. The lowest BCUT2D eigenvalue weighted by molar-refractivity contribution is -0.150. The summed E-state index contributed by atoms with van der Waals surface area (Å²) in [5.41, 5.74) is -0.458. The topological polar surface area (TPSA) is 37.3 Å². The van der Waals surface area contributed by atoms with Crippen LogP contribution < -0.4 is 0 Å². The quantitative estimate of drug-likeness (QED) is 0.386. The number of rotatable bonds is 14. The molecule has 0 fully saturated rings. The highest BCUT2D eigenvalue weighted by atomic mass is 16.4. The van der Waals surface area contributed by atoms with E-state index in [4.69, 9.17) is 0 Å². The molecule has 0 radical (unpaired) electrons. The van der Waals surface area contributed by atoms with Crippen LogP contribution in [0.1, 0.15) is 104 Å². The SMILES string of the molecule is CCCCCCCCCCCCC(CC)(CC)C(=O)O. The minimum Gasteiger partial charge on any atom is -0.481 e. The van der Waals surface area contributed by atoms with E-state index in [0.717, 1.165) is 25.7 Å². The van der Waals surface area contributed by atoms with Crippen molar-refractivity contribution < 1.29 is 9.90 Å². The van der Waals surface area contributed by atoms with Crippen molar-refractivity contribution >= 4 is 5.97 Å². The van der Waals surface area contributed by atoms with Gasteiger partial charge in [0.15, 0.2) is 0 Å². The molecule has 0 aliphatic rings. The standard InChI is InChI=1S/C18H36O2/c1-4-7-8-9-10-11-12-13-14-15-16-18(5-2,6-3)17(19)20/h4-16H2,1-3H3,(H,19,20). The number of hydrogen-bond donors (Lipinski definition) is 1. The zero-order valence-corrected chi connectivity index (χ0v) is 14.0. The third-order valence-electron chi connectivity index (χ3n) is 4.82. The molecule has 1 N–H and O–H groups in total. The second kappa shape index (κ2) is 12.2. The fourth-order valence-electron chi connectivity index (χ4n) is 2.96. The third-order valence-corrected chi connectivity index (χ3v) is 4.82. The predicted molar refractivity (Wildman–Crippen MR) is 87.1 cm³/mol. The molecule has 2 heteroatoms. The summed E-state index contributed by atoms with van der Waals surface area (Å²) in [6.45, 7) is 6.27. The van der Waals surface area contributed by atoms with Crippen LogP contribution in [0.5, 0.6) is 0 Å². The molecule has 0 amide bonds. The molecule has 0 aromatic carbocycles. The first-order valence-electron chi connectivity index (χ1n) is 8.86. The Morgan fingerprint density at radius 1 is 0.750 bits per heavy atom. The van der Waals surface area contributed by atoms with Gasteiger partial charge >= 0.3 is 5.97 Å². The average Bonchev–Trinajstić information content (AvgIpc) is 2.45. The molecule has 0 unspecified atom stereocenters. The monoisotopic (exact) mass is 284 g/mol. The highest BCUT2D eigenvalue weighted by Crippen LogP contribution is 2.33. The second-order valence-electron chi connectivity index (χ2n) is 6.22. The molecule has 0 aromatic heterocycles. The molecule has 120 valence electrons. The Morgan fingerprint density at radius 2 is 1.15 bits per heavy atom. The van der Waals surface area contributed by atoms with Crippen LogP contribution in [0, 0.1) is 5.41 Å². The van der Waals surface area contributed by atoms with Crippen molar-refractivity contribution in [3.05, 3.63) is 0 Å². The van der Waals surface area contributed by atoms with Gasteiger partial charge in [0.2, 0.25) is 0 Å². The van der Waals surface area contributed by atoms with Gasteiger partial charge in [0, 0.05) is 0 Å². The number of carboxylic acid groups (broad SMARTS) is 1. The number of carbonyl (C=O) groups is 1. The Hall–Kier alpha value is -0.530. The minimum atomic E-state index is -0.599. The second-order valence-corrected chi connectivity index (χ2v) is 6.22. The lowest BCUT2D eigenvalue weighted by atomic mass is 9.78. The van der Waals surface area contributed by atoms with Crippen molar-refractivity contribution in [2.45, 2.75) is 104 Å². The highest BCUT2D eigenvalue weighted by Gasteiger charge is 2.33. The molecule has 0 aliphatic carbocycles. The molecule has 0 rings (SSSR count). The summed E-state index contributed by atoms with van der Waals surface area (Å²) in [5.74, 6) is -0.599. The maximum Gasteiger partial charge on any atom is 0.309 e. The van der Waals surface area contributed by atoms with E-state index >= 15 is 0 Å². The van der Waals surface area contributed by atoms with Gasteiger partial charge in [-0.05, 0) is 19.3 Å². The number of aliphatic carboxylic acids is 1. The first-order chi connectivity index (χ1) is 9.63. The summed E-state index contributed by atoms with van der Waals surface area (Å²) in [6.07, 6.45) is 15.5. The molecule has 0 bridgehead atoms. The fraction of sp³-hybridized carbons (Fsp3) is 0.944. The number of carboxylic acids is 1. The molecule has 20 heavy (non-hydrogen) atoms. The largest absolute Gasteiger partial charge is 0.481 e. The molecule has 0 aromatic rings. The number of hydrogen-bond acceptors (Lipinski definition) is 1. The lowest BCUT2D eigenvalue weighted by Crippen LogP contribution is -2.29. The molecule has 2 nitrogen and oxygen atoms in total. The summed E-state index contributed by atoms with van der Waals surface area (Å²) >= 11 is 0. The van der Waals surface area contributed by atoms with Crippen LogP contribution >= 0.6 is 0 Å². The number of unbranched alkanes of at least 4 members (excludes halogenated alkanes) is 9. The lowest BCUT2D eigenvalue weighted by Gasteiger charge is -2.26. The van der Waals surface area contributed by atoms with Crippen LogP contribution in [0.3, 0.4) is 0 Å². The first-order valence-corrected chi connectivity index (χ1v) is 8.86. The molecule has 0 saturated carbocycles. The molecular formula is C18H36O2. The highest BCUT2D eigenvalue weighted by molar-refractivity contribution is 5.74. The van der Waals surface area contributed by atoms with E-state index < -0.39 is 11.4 Å². The van der Waals surface area contributed by atoms with Gasteiger partial charge in [-0.2, -0.15) is 0 Å². The van der Waals surface area contributed by atoms with E-state index in [-0.39, 0.29) is 0 Å². The van der Waals surface area contributed by atoms with Crippen LogP contribution in [-0.2, 0) is 4.79 Å². The van der Waals surface area contributed by atoms with Crippen LogP contribution in [0.15, 0.2) is 0 Å². The Labute approximate surface area is 126 Å². The first kappa shape index (κ1) is 19.5. The van der Waals surface area contributed by atoms with Gasteiger partial charge in [-0.3, -0.25) is 4.79 Å². The Morgan fingerprint density at radius 3 is 1.50 bits per heavy atom. The van der Waals surface area contributed by atoms with Gasteiger partial charge in [-0.25, -0.2) is 0 Å². The van der Waals surface area contributed by atoms with Crippen molar-refractivity contribution in [3.63, 3.8) is 0 Å². The van der Waals surface area contributed by atoms with Crippen LogP contribution in [-0.4, -0.2) is 11.1 Å². The Balaban J connectivity index is 3.53. The van der Waals surface area contributed by atoms with Gasteiger partial charge in [0.25, 0.3) is 0 Å². The van der Waals surface area contributed by atoms with Crippen LogP contribution in [0.25, 0.3) is 0 Å². The van der Waals surface area contributed by atoms with Gasteiger partial charge in [-0.1, -0.05) is 85.0 Å². The van der Waals surface area contributed by atoms with E-state index in [2.05, 4.69) is 6.92 Å². The van der Waals surface area contributed by atoms with Crippen molar-refractivity contribution in [2.75, 3.05) is 0 Å². The normalized spacial score (nSPS) is 11.8. The van der Waals surface area contributed by atoms with Gasteiger partial charge in [0.05, 0.1) is 5.41 Å². The van der Waals surface area contributed by atoms with Gasteiger partial charge < -0.3 is 5.11 Å². The summed E-state index contributed by atoms with van der Waals surface area (Å²) < 4.78 is 0. The van der Waals surface area contributed by atoms with Crippen molar-refractivity contribution in [2.24, 2.45) is 5.41 Å². The molecule has 0 heterocycles. The maximum atomic E-state index is 11.4. The van der Waals surface area contributed by atoms with E-state index in [1.807, 2.05) is 13.8 Å². The minimum absolute atomic E-state index is 0.458. The average molecular weight is 284 g/mol. The van der Waals surface area contributed by atoms with E-state index in [9.17, 15) is 9.90 Å². The smallest absolute Gasteiger partial charge is 0.309 e. The van der Waals surface area contributed by atoms with Crippen molar-refractivity contribution in [1.29, 1.82) is 0 Å². The van der Waals surface area contributed by atoms with Crippen LogP contribution in [0.4, 0.5) is 0 Å². The van der Waals surface area contributed by atoms with Gasteiger partial charge in [-0.15, -0.1) is 0 Å². The molecule has 0 aliphatic heterocycles. The van der Waals surface area contributed by atoms with E-state index in [1.54, 1.807) is 0 Å². The van der Waals surface area contributed by atoms with Gasteiger partial charge in [0.1, 0.15) is 0 Å². The van der Waals surface area contributed by atoms with Crippen molar-refractivity contribution in [3.8, 4) is 0 Å². The Kier molecular flexibility index (Phi) is 11.9. The summed E-state index contributed by atoms with van der Waals surface area (Å²) in [6, 6.07) is 0. The summed E-state index contributed by atoms with van der Waals surface area (Å²) in [5, 5.41) is 9.37.